The second kappa shape index (κ2) is 6.67. The predicted molar refractivity (Wildman–Crippen MR) is 82.5 cm³/mol. The number of nitrogens with zero attached hydrogens (tertiary/aromatic N) is 1. The van der Waals surface area contributed by atoms with E-state index in [1.807, 2.05) is 0 Å². The Morgan fingerprint density at radius 1 is 1.43 bits per heavy atom. The van der Waals surface area contributed by atoms with Crippen LogP contribution in [-0.4, -0.2) is 35.7 Å². The van der Waals surface area contributed by atoms with Crippen LogP contribution in [0.2, 0.25) is 5.02 Å². The van der Waals surface area contributed by atoms with E-state index in [-0.39, 0.29) is 12.3 Å². The minimum atomic E-state index is -0.816. The van der Waals surface area contributed by atoms with Gasteiger partial charge in [0.15, 0.2) is 0 Å². The summed E-state index contributed by atoms with van der Waals surface area (Å²) in [5.74, 6) is 0.653. The Balaban J connectivity index is 2.02. The Labute approximate surface area is 130 Å². The van der Waals surface area contributed by atoms with Crippen molar-refractivity contribution < 1.29 is 14.6 Å². The van der Waals surface area contributed by atoms with Gasteiger partial charge in [-0.05, 0) is 31.0 Å². The SMILES string of the molecule is COc1ccc(Cl)cc1CN(C)C(=O)CC1(O)CCCC1. The molecule has 0 aliphatic heterocycles. The van der Waals surface area contributed by atoms with Crippen molar-refractivity contribution in [1.29, 1.82) is 0 Å². The van der Waals surface area contributed by atoms with Gasteiger partial charge in [0.2, 0.25) is 5.91 Å². The minimum absolute atomic E-state index is 0.0542. The largest absolute Gasteiger partial charge is 0.496 e. The van der Waals surface area contributed by atoms with Gasteiger partial charge < -0.3 is 14.7 Å². The van der Waals surface area contributed by atoms with E-state index in [2.05, 4.69) is 0 Å². The van der Waals surface area contributed by atoms with Gasteiger partial charge in [-0.2, -0.15) is 0 Å². The zero-order chi connectivity index (χ0) is 15.5. The average Bonchev–Trinajstić information content (AvgIpc) is 2.85. The number of ether oxygens (including phenoxy) is 1. The van der Waals surface area contributed by atoms with Gasteiger partial charge in [0.05, 0.1) is 19.1 Å². The number of benzene rings is 1. The van der Waals surface area contributed by atoms with Gasteiger partial charge in [-0.25, -0.2) is 0 Å². The molecule has 0 atom stereocenters. The molecule has 1 N–H and O–H groups in total. The van der Waals surface area contributed by atoms with Crippen LogP contribution in [0.3, 0.4) is 0 Å². The molecule has 1 aromatic carbocycles. The lowest BCUT2D eigenvalue weighted by atomic mass is 9.97. The molecule has 1 saturated carbocycles. The smallest absolute Gasteiger partial charge is 0.225 e. The minimum Gasteiger partial charge on any atom is -0.496 e. The van der Waals surface area contributed by atoms with Gasteiger partial charge in [0, 0.05) is 24.2 Å². The second-order valence-corrected chi connectivity index (χ2v) is 6.25. The number of carbonyl (C=O) groups excluding carboxylic acids is 1. The third-order valence-electron chi connectivity index (χ3n) is 4.09. The van der Waals surface area contributed by atoms with Crippen molar-refractivity contribution in [3.8, 4) is 5.75 Å². The lowest BCUT2D eigenvalue weighted by Gasteiger charge is -2.25. The highest BCUT2D eigenvalue weighted by Crippen LogP contribution is 2.33. The molecule has 0 saturated heterocycles. The van der Waals surface area contributed by atoms with Crippen LogP contribution < -0.4 is 4.74 Å². The molecular formula is C16H22ClNO3. The van der Waals surface area contributed by atoms with Gasteiger partial charge >= 0.3 is 0 Å². The normalized spacial score (nSPS) is 16.8. The standard InChI is InChI=1S/C16H22ClNO3/c1-18(15(19)10-16(20)7-3-4-8-16)11-12-9-13(17)5-6-14(12)21-2/h5-6,9,20H,3-4,7-8,10-11H2,1-2H3. The van der Waals surface area contributed by atoms with E-state index in [1.54, 1.807) is 37.3 Å². The third-order valence-corrected chi connectivity index (χ3v) is 4.33. The van der Waals surface area contributed by atoms with E-state index in [9.17, 15) is 9.90 Å². The molecule has 4 nitrogen and oxygen atoms in total. The Morgan fingerprint density at radius 2 is 2.10 bits per heavy atom. The lowest BCUT2D eigenvalue weighted by molar-refractivity contribution is -0.135. The molecule has 0 aromatic heterocycles. The van der Waals surface area contributed by atoms with Crippen LogP contribution in [0.25, 0.3) is 0 Å². The van der Waals surface area contributed by atoms with Crippen LogP contribution >= 0.6 is 11.6 Å². The van der Waals surface area contributed by atoms with Crippen LogP contribution in [0.4, 0.5) is 0 Å². The highest BCUT2D eigenvalue weighted by molar-refractivity contribution is 6.30. The number of rotatable bonds is 5. The van der Waals surface area contributed by atoms with Gasteiger partial charge in [0.1, 0.15) is 5.75 Å². The van der Waals surface area contributed by atoms with Crippen molar-refractivity contribution in [2.45, 2.75) is 44.2 Å². The first-order valence-electron chi connectivity index (χ1n) is 7.22. The highest BCUT2D eigenvalue weighted by atomic mass is 35.5. The number of aliphatic hydroxyl groups is 1. The van der Waals surface area contributed by atoms with E-state index < -0.39 is 5.60 Å². The maximum Gasteiger partial charge on any atom is 0.225 e. The predicted octanol–water partition coefficient (Wildman–Crippen LogP) is 3.00. The molecule has 5 heteroatoms. The maximum absolute atomic E-state index is 12.3. The van der Waals surface area contributed by atoms with Crippen LogP contribution in [0.1, 0.15) is 37.7 Å². The first-order valence-corrected chi connectivity index (χ1v) is 7.60. The quantitative estimate of drug-likeness (QED) is 0.909. The fourth-order valence-corrected chi connectivity index (χ4v) is 3.04. The third kappa shape index (κ3) is 4.11. The Bertz CT molecular complexity index is 512. The molecule has 0 heterocycles. The topological polar surface area (TPSA) is 49.8 Å². The molecule has 1 aromatic rings. The fraction of sp³-hybridized carbons (Fsp3) is 0.562. The van der Waals surface area contributed by atoms with E-state index >= 15 is 0 Å². The number of hydrogen-bond acceptors (Lipinski definition) is 3. The van der Waals surface area contributed by atoms with Crippen LogP contribution in [-0.2, 0) is 11.3 Å². The van der Waals surface area contributed by atoms with E-state index in [4.69, 9.17) is 16.3 Å². The second-order valence-electron chi connectivity index (χ2n) is 5.81. The molecule has 1 fully saturated rings. The number of halogens is 1. The Kier molecular flexibility index (Phi) is 5.12. The highest BCUT2D eigenvalue weighted by Gasteiger charge is 2.34. The van der Waals surface area contributed by atoms with Crippen LogP contribution in [0.15, 0.2) is 18.2 Å². The molecular weight excluding hydrogens is 290 g/mol. The summed E-state index contributed by atoms with van der Waals surface area (Å²) in [6, 6.07) is 5.35. The molecule has 116 valence electrons. The Hall–Kier alpha value is -1.26. The van der Waals surface area contributed by atoms with Crippen molar-refractivity contribution in [2.75, 3.05) is 14.2 Å². The van der Waals surface area contributed by atoms with Gasteiger partial charge in [0.25, 0.3) is 0 Å². The van der Waals surface area contributed by atoms with Crippen molar-refractivity contribution in [1.82, 2.24) is 4.90 Å². The molecule has 0 unspecified atom stereocenters. The summed E-state index contributed by atoms with van der Waals surface area (Å²) >= 11 is 6.00. The molecule has 0 radical (unpaired) electrons. The summed E-state index contributed by atoms with van der Waals surface area (Å²) in [6.45, 7) is 0.415. The van der Waals surface area contributed by atoms with Crippen molar-refractivity contribution in [3.05, 3.63) is 28.8 Å². The summed E-state index contributed by atoms with van der Waals surface area (Å²) in [6.07, 6.45) is 3.61. The monoisotopic (exact) mass is 311 g/mol. The molecule has 21 heavy (non-hydrogen) atoms. The number of amides is 1. The zero-order valence-electron chi connectivity index (χ0n) is 12.6. The van der Waals surface area contributed by atoms with Gasteiger partial charge in [-0.15, -0.1) is 0 Å². The van der Waals surface area contributed by atoms with E-state index in [0.717, 1.165) is 18.4 Å². The van der Waals surface area contributed by atoms with Gasteiger partial charge in [-0.3, -0.25) is 4.79 Å². The average molecular weight is 312 g/mol. The summed E-state index contributed by atoms with van der Waals surface area (Å²) in [5.41, 5.74) is 0.0447. The van der Waals surface area contributed by atoms with Crippen LogP contribution in [0.5, 0.6) is 5.75 Å². The van der Waals surface area contributed by atoms with Crippen molar-refractivity contribution >= 4 is 17.5 Å². The lowest BCUT2D eigenvalue weighted by Crippen LogP contribution is -2.35. The van der Waals surface area contributed by atoms with E-state index in [1.165, 1.54) is 0 Å². The van der Waals surface area contributed by atoms with Crippen molar-refractivity contribution in [2.24, 2.45) is 0 Å². The van der Waals surface area contributed by atoms with Crippen molar-refractivity contribution in [3.63, 3.8) is 0 Å². The van der Waals surface area contributed by atoms with Gasteiger partial charge in [-0.1, -0.05) is 24.4 Å². The maximum atomic E-state index is 12.3. The zero-order valence-corrected chi connectivity index (χ0v) is 13.3. The van der Waals surface area contributed by atoms with Crippen LogP contribution in [0, 0.1) is 0 Å². The summed E-state index contributed by atoms with van der Waals surface area (Å²) in [7, 11) is 3.33. The summed E-state index contributed by atoms with van der Waals surface area (Å²) in [4.78, 5) is 13.9. The summed E-state index contributed by atoms with van der Waals surface area (Å²) in [5, 5.41) is 10.9. The molecule has 1 amide bonds. The fourth-order valence-electron chi connectivity index (χ4n) is 2.84. The summed E-state index contributed by atoms with van der Waals surface area (Å²) < 4.78 is 5.29. The number of carbonyl (C=O) groups is 1. The molecule has 2 rings (SSSR count). The van der Waals surface area contributed by atoms with E-state index in [0.29, 0.717) is 30.2 Å². The molecule has 1 aliphatic carbocycles. The first-order chi connectivity index (χ1) is 9.93. The molecule has 1 aliphatic rings. The molecule has 0 bridgehead atoms. The molecule has 0 spiro atoms. The number of hydrogen-bond donors (Lipinski definition) is 1. The Morgan fingerprint density at radius 3 is 2.71 bits per heavy atom. The number of methoxy groups -OCH3 is 1. The first kappa shape index (κ1) is 16.1.